The van der Waals surface area contributed by atoms with Crippen molar-refractivity contribution >= 4 is 17.3 Å². The first kappa shape index (κ1) is 17.5. The summed E-state index contributed by atoms with van der Waals surface area (Å²) in [6.07, 6.45) is 2.99. The highest BCUT2D eigenvalue weighted by atomic mass is 16.7. The van der Waals surface area contributed by atoms with Crippen molar-refractivity contribution in [2.75, 3.05) is 36.6 Å². The van der Waals surface area contributed by atoms with Gasteiger partial charge in [-0.3, -0.25) is 4.79 Å². The van der Waals surface area contributed by atoms with Crippen LogP contribution in [0.15, 0.2) is 42.5 Å². The van der Waals surface area contributed by atoms with Gasteiger partial charge >= 0.3 is 0 Å². The van der Waals surface area contributed by atoms with Crippen LogP contribution in [-0.4, -0.2) is 32.3 Å². The van der Waals surface area contributed by atoms with E-state index < -0.39 is 0 Å². The lowest BCUT2D eigenvalue weighted by Crippen LogP contribution is -2.24. The third-order valence-corrected chi connectivity index (χ3v) is 4.95. The van der Waals surface area contributed by atoms with Crippen molar-refractivity contribution in [3.8, 4) is 11.5 Å². The molecule has 0 aliphatic carbocycles. The highest BCUT2D eigenvalue weighted by Gasteiger charge is 2.14. The summed E-state index contributed by atoms with van der Waals surface area (Å²) >= 11 is 0. The zero-order chi connectivity index (χ0) is 18.5. The number of anilines is 2. The lowest BCUT2D eigenvalue weighted by atomic mass is 10.2. The molecule has 1 amide bonds. The molecule has 0 radical (unpaired) electrons. The first-order valence-electron chi connectivity index (χ1n) is 9.52. The first-order valence-corrected chi connectivity index (χ1v) is 9.52. The molecule has 0 unspecified atom stereocenters. The summed E-state index contributed by atoms with van der Waals surface area (Å²) in [4.78, 5) is 14.5. The maximum absolute atomic E-state index is 12.1. The number of amides is 1. The second-order valence-electron chi connectivity index (χ2n) is 6.88. The maximum atomic E-state index is 12.1. The highest BCUT2D eigenvalue weighted by molar-refractivity contribution is 5.76. The van der Waals surface area contributed by atoms with E-state index in [1.165, 1.54) is 18.5 Å². The average molecular weight is 367 g/mol. The second-order valence-corrected chi connectivity index (χ2v) is 6.88. The van der Waals surface area contributed by atoms with Crippen LogP contribution >= 0.6 is 0 Å². The van der Waals surface area contributed by atoms with Crippen molar-refractivity contribution in [3.05, 3.63) is 48.0 Å². The Morgan fingerprint density at radius 2 is 1.78 bits per heavy atom. The van der Waals surface area contributed by atoms with Gasteiger partial charge in [-0.2, -0.15) is 0 Å². The Morgan fingerprint density at radius 3 is 2.59 bits per heavy atom. The van der Waals surface area contributed by atoms with E-state index in [4.69, 9.17) is 9.47 Å². The number of carbonyl (C=O) groups excluding carboxylic acids is 1. The quantitative estimate of drug-likeness (QED) is 0.787. The molecular weight excluding hydrogens is 342 g/mol. The van der Waals surface area contributed by atoms with Gasteiger partial charge in [0.25, 0.3) is 0 Å². The van der Waals surface area contributed by atoms with Gasteiger partial charge in [0.15, 0.2) is 11.5 Å². The van der Waals surface area contributed by atoms with Gasteiger partial charge in [-0.1, -0.05) is 6.07 Å². The largest absolute Gasteiger partial charge is 0.454 e. The Kier molecular flexibility index (Phi) is 5.32. The zero-order valence-corrected chi connectivity index (χ0v) is 15.4. The minimum absolute atomic E-state index is 0.0221. The fourth-order valence-corrected chi connectivity index (χ4v) is 3.43. The monoisotopic (exact) mass is 367 g/mol. The van der Waals surface area contributed by atoms with E-state index in [2.05, 4.69) is 39.8 Å². The third kappa shape index (κ3) is 4.45. The molecule has 142 valence electrons. The average Bonchev–Trinajstić information content (AvgIpc) is 3.38. The Balaban J connectivity index is 1.18. The summed E-state index contributed by atoms with van der Waals surface area (Å²) in [5.41, 5.74) is 3.32. The van der Waals surface area contributed by atoms with Crippen molar-refractivity contribution in [1.29, 1.82) is 0 Å². The van der Waals surface area contributed by atoms with Crippen LogP contribution in [0.2, 0.25) is 0 Å². The van der Waals surface area contributed by atoms with E-state index in [0.717, 1.165) is 35.8 Å². The zero-order valence-electron chi connectivity index (χ0n) is 15.4. The molecule has 1 fully saturated rings. The molecule has 0 aromatic heterocycles. The molecule has 6 heteroatoms. The summed E-state index contributed by atoms with van der Waals surface area (Å²) in [7, 11) is 0. The smallest absolute Gasteiger partial charge is 0.231 e. The molecular formula is C21H25N3O3. The van der Waals surface area contributed by atoms with Crippen LogP contribution in [0, 0.1) is 0 Å². The predicted octanol–water partition coefficient (Wildman–Crippen LogP) is 3.13. The van der Waals surface area contributed by atoms with Crippen molar-refractivity contribution < 1.29 is 14.3 Å². The van der Waals surface area contributed by atoms with Crippen LogP contribution in [0.3, 0.4) is 0 Å². The Morgan fingerprint density at radius 1 is 1.00 bits per heavy atom. The SMILES string of the molecule is O=C(CCNc1ccc(N2CCCC2)cc1)NCc1ccc2c(c1)OCO2. The van der Waals surface area contributed by atoms with Crippen LogP contribution in [-0.2, 0) is 11.3 Å². The van der Waals surface area contributed by atoms with E-state index >= 15 is 0 Å². The molecule has 2 heterocycles. The van der Waals surface area contributed by atoms with Crippen LogP contribution in [0.4, 0.5) is 11.4 Å². The van der Waals surface area contributed by atoms with E-state index in [9.17, 15) is 4.79 Å². The molecule has 0 spiro atoms. The fraction of sp³-hybridized carbons (Fsp3) is 0.381. The van der Waals surface area contributed by atoms with Crippen LogP contribution in [0.25, 0.3) is 0 Å². The van der Waals surface area contributed by atoms with Gasteiger partial charge in [0, 0.05) is 44.0 Å². The van der Waals surface area contributed by atoms with Crippen LogP contribution in [0.5, 0.6) is 11.5 Å². The van der Waals surface area contributed by atoms with Crippen molar-refractivity contribution in [3.63, 3.8) is 0 Å². The molecule has 2 aliphatic heterocycles. The third-order valence-electron chi connectivity index (χ3n) is 4.95. The summed E-state index contributed by atoms with van der Waals surface area (Å²) in [6.45, 7) is 3.65. The summed E-state index contributed by atoms with van der Waals surface area (Å²) in [5.74, 6) is 1.51. The molecule has 0 atom stereocenters. The molecule has 6 nitrogen and oxygen atoms in total. The minimum Gasteiger partial charge on any atom is -0.454 e. The van der Waals surface area contributed by atoms with E-state index in [-0.39, 0.29) is 12.7 Å². The molecule has 1 saturated heterocycles. The number of fused-ring (bicyclic) bond motifs is 1. The Hall–Kier alpha value is -2.89. The lowest BCUT2D eigenvalue weighted by Gasteiger charge is -2.18. The van der Waals surface area contributed by atoms with Gasteiger partial charge in [-0.05, 0) is 54.8 Å². The van der Waals surface area contributed by atoms with Gasteiger partial charge in [-0.15, -0.1) is 0 Å². The lowest BCUT2D eigenvalue weighted by molar-refractivity contribution is -0.121. The summed E-state index contributed by atoms with van der Waals surface area (Å²) < 4.78 is 10.6. The number of benzene rings is 2. The second kappa shape index (κ2) is 8.20. The summed E-state index contributed by atoms with van der Waals surface area (Å²) in [5, 5.41) is 6.25. The normalized spacial score (nSPS) is 15.0. The first-order chi connectivity index (χ1) is 13.3. The van der Waals surface area contributed by atoms with Gasteiger partial charge in [0.2, 0.25) is 12.7 Å². The number of hydrogen-bond acceptors (Lipinski definition) is 5. The molecule has 4 rings (SSSR count). The minimum atomic E-state index is 0.0221. The number of carbonyl (C=O) groups is 1. The molecule has 2 aromatic carbocycles. The molecule has 2 aliphatic rings. The van der Waals surface area contributed by atoms with Crippen molar-refractivity contribution in [2.45, 2.75) is 25.8 Å². The standard InChI is InChI=1S/C21H25N3O3/c25-21(23-14-16-3-8-19-20(13-16)27-15-26-19)9-10-22-17-4-6-18(7-5-17)24-11-1-2-12-24/h3-8,13,22H,1-2,9-12,14-15H2,(H,23,25). The van der Waals surface area contributed by atoms with Crippen molar-refractivity contribution in [2.24, 2.45) is 0 Å². The molecule has 2 aromatic rings. The molecule has 0 saturated carbocycles. The Bertz CT molecular complexity index is 786. The fourth-order valence-electron chi connectivity index (χ4n) is 3.43. The highest BCUT2D eigenvalue weighted by Crippen LogP contribution is 2.32. The number of ether oxygens (including phenoxy) is 2. The predicted molar refractivity (Wildman–Crippen MR) is 105 cm³/mol. The maximum Gasteiger partial charge on any atom is 0.231 e. The van der Waals surface area contributed by atoms with Crippen molar-refractivity contribution in [1.82, 2.24) is 5.32 Å². The molecule has 2 N–H and O–H groups in total. The number of nitrogens with one attached hydrogen (secondary N) is 2. The van der Waals surface area contributed by atoms with E-state index in [1.807, 2.05) is 18.2 Å². The van der Waals surface area contributed by atoms with Crippen LogP contribution < -0.4 is 25.0 Å². The number of nitrogens with zero attached hydrogens (tertiary/aromatic N) is 1. The van der Waals surface area contributed by atoms with Gasteiger partial charge in [0.05, 0.1) is 0 Å². The Labute approximate surface area is 159 Å². The van der Waals surface area contributed by atoms with E-state index in [0.29, 0.717) is 19.5 Å². The number of hydrogen-bond donors (Lipinski definition) is 2. The van der Waals surface area contributed by atoms with Gasteiger partial charge in [-0.25, -0.2) is 0 Å². The van der Waals surface area contributed by atoms with Crippen LogP contribution in [0.1, 0.15) is 24.8 Å². The summed E-state index contributed by atoms with van der Waals surface area (Å²) in [6, 6.07) is 14.2. The molecule has 0 bridgehead atoms. The molecule has 27 heavy (non-hydrogen) atoms. The van der Waals surface area contributed by atoms with E-state index in [1.54, 1.807) is 0 Å². The topological polar surface area (TPSA) is 62.8 Å². The van der Waals surface area contributed by atoms with Gasteiger partial charge in [0.1, 0.15) is 0 Å². The number of rotatable bonds is 7. The van der Waals surface area contributed by atoms with Gasteiger partial charge < -0.3 is 25.0 Å².